The standard InChI is InChI=1S/C31H41ClN4O5/c1-8-20(4)36(29(39)24(16-17-25(33)37)34-30(40)41-31(5,6)7)27(22-14-11-13-21(9-2)18-22)28(38)35-26-19(3)12-10-15-23(26)32/h9-15,18,20,24,27H,2,8,16-17H2,1,3-7H3,(H2,33,37)(H,34,40)(H,35,38). The third-order valence-corrected chi connectivity index (χ3v) is 6.76. The van der Waals surface area contributed by atoms with Gasteiger partial charge in [-0.05, 0) is 76.3 Å². The highest BCUT2D eigenvalue weighted by Crippen LogP contribution is 2.31. The van der Waals surface area contributed by atoms with Crippen molar-refractivity contribution in [2.75, 3.05) is 5.32 Å². The van der Waals surface area contributed by atoms with Gasteiger partial charge in [0.1, 0.15) is 17.7 Å². The number of nitrogens with two attached hydrogens (primary N) is 1. The fourth-order valence-electron chi connectivity index (χ4n) is 4.25. The molecule has 2 aromatic carbocycles. The molecule has 0 heterocycles. The van der Waals surface area contributed by atoms with Crippen LogP contribution in [0.15, 0.2) is 49.0 Å². The summed E-state index contributed by atoms with van der Waals surface area (Å²) in [5.74, 6) is -1.69. The van der Waals surface area contributed by atoms with Crippen molar-refractivity contribution in [2.24, 2.45) is 5.73 Å². The number of ether oxygens (including phenoxy) is 1. The molecule has 0 saturated carbocycles. The van der Waals surface area contributed by atoms with Gasteiger partial charge >= 0.3 is 6.09 Å². The van der Waals surface area contributed by atoms with Crippen molar-refractivity contribution in [1.82, 2.24) is 10.2 Å². The Morgan fingerprint density at radius 3 is 2.37 bits per heavy atom. The average molecular weight is 585 g/mol. The molecule has 2 aromatic rings. The second-order valence-electron chi connectivity index (χ2n) is 10.9. The molecule has 41 heavy (non-hydrogen) atoms. The molecule has 3 atom stereocenters. The zero-order chi connectivity index (χ0) is 30.9. The molecule has 0 radical (unpaired) electrons. The Balaban J connectivity index is 2.65. The lowest BCUT2D eigenvalue weighted by Crippen LogP contribution is -2.55. The van der Waals surface area contributed by atoms with Crippen molar-refractivity contribution in [3.63, 3.8) is 0 Å². The van der Waals surface area contributed by atoms with Crippen LogP contribution in [-0.4, -0.2) is 46.4 Å². The minimum absolute atomic E-state index is 0.0784. The number of amides is 4. The Hall–Kier alpha value is -3.85. The molecule has 3 unspecified atom stereocenters. The first-order chi connectivity index (χ1) is 19.2. The molecule has 0 aliphatic rings. The zero-order valence-corrected chi connectivity index (χ0v) is 25.4. The number of halogens is 1. The molecule has 0 spiro atoms. The molecule has 2 rings (SSSR count). The second-order valence-corrected chi connectivity index (χ2v) is 11.3. The van der Waals surface area contributed by atoms with Crippen LogP contribution in [0, 0.1) is 6.92 Å². The number of hydrogen-bond donors (Lipinski definition) is 3. The molecule has 0 bridgehead atoms. The molecule has 10 heteroatoms. The number of carbonyl (C=O) groups excluding carboxylic acids is 4. The largest absolute Gasteiger partial charge is 0.444 e. The van der Waals surface area contributed by atoms with Gasteiger partial charge in [0.25, 0.3) is 5.91 Å². The van der Waals surface area contributed by atoms with Crippen LogP contribution in [0.4, 0.5) is 10.5 Å². The third-order valence-electron chi connectivity index (χ3n) is 6.45. The summed E-state index contributed by atoms with van der Waals surface area (Å²) in [7, 11) is 0. The molecule has 222 valence electrons. The normalized spacial score (nSPS) is 13.3. The fourth-order valence-corrected chi connectivity index (χ4v) is 4.51. The van der Waals surface area contributed by atoms with Gasteiger partial charge in [-0.1, -0.05) is 61.5 Å². The maximum Gasteiger partial charge on any atom is 0.408 e. The number of rotatable bonds is 12. The van der Waals surface area contributed by atoms with Crippen molar-refractivity contribution in [3.05, 3.63) is 70.8 Å². The lowest BCUT2D eigenvalue weighted by Gasteiger charge is -2.38. The quantitative estimate of drug-likeness (QED) is 0.292. The fraction of sp³-hybridized carbons (Fsp3) is 0.419. The highest BCUT2D eigenvalue weighted by molar-refractivity contribution is 6.34. The molecule has 0 saturated heterocycles. The number of carbonyl (C=O) groups is 4. The Morgan fingerprint density at radius 2 is 1.80 bits per heavy atom. The summed E-state index contributed by atoms with van der Waals surface area (Å²) in [4.78, 5) is 54.2. The van der Waals surface area contributed by atoms with E-state index in [4.69, 9.17) is 22.1 Å². The van der Waals surface area contributed by atoms with Crippen LogP contribution in [0.2, 0.25) is 5.02 Å². The molecular weight excluding hydrogens is 544 g/mol. The first kappa shape index (κ1) is 33.4. The maximum absolute atomic E-state index is 14.3. The summed E-state index contributed by atoms with van der Waals surface area (Å²) in [6, 6.07) is 9.63. The Bertz CT molecular complexity index is 1250. The van der Waals surface area contributed by atoms with Gasteiger partial charge in [0, 0.05) is 12.5 Å². The van der Waals surface area contributed by atoms with E-state index < -0.39 is 47.5 Å². The third kappa shape index (κ3) is 9.63. The lowest BCUT2D eigenvalue weighted by molar-refractivity contribution is -0.143. The molecule has 0 aliphatic heterocycles. The zero-order valence-electron chi connectivity index (χ0n) is 24.6. The summed E-state index contributed by atoms with van der Waals surface area (Å²) in [6.45, 7) is 14.4. The summed E-state index contributed by atoms with van der Waals surface area (Å²) in [6.07, 6.45) is 1.07. The van der Waals surface area contributed by atoms with Crippen LogP contribution in [0.5, 0.6) is 0 Å². The number of anilines is 1. The van der Waals surface area contributed by atoms with E-state index in [1.807, 2.05) is 32.9 Å². The Kier molecular flexibility index (Phi) is 11.9. The van der Waals surface area contributed by atoms with Gasteiger partial charge in [-0.3, -0.25) is 14.4 Å². The molecule has 9 nitrogen and oxygen atoms in total. The SMILES string of the molecule is C=Cc1cccc(C(C(=O)Nc2c(C)cccc2Cl)N(C(=O)C(CCC(N)=O)NC(=O)OC(C)(C)C)C(C)CC)c1. The van der Waals surface area contributed by atoms with Crippen LogP contribution in [0.3, 0.4) is 0 Å². The number of nitrogens with one attached hydrogen (secondary N) is 2. The minimum Gasteiger partial charge on any atom is -0.444 e. The molecule has 0 aliphatic carbocycles. The van der Waals surface area contributed by atoms with E-state index in [1.54, 1.807) is 57.2 Å². The van der Waals surface area contributed by atoms with Gasteiger partial charge in [0.15, 0.2) is 0 Å². The first-order valence-corrected chi connectivity index (χ1v) is 13.9. The van der Waals surface area contributed by atoms with Crippen LogP contribution in [0.25, 0.3) is 6.08 Å². The van der Waals surface area contributed by atoms with Gasteiger partial charge < -0.3 is 26.0 Å². The lowest BCUT2D eigenvalue weighted by atomic mass is 9.97. The summed E-state index contributed by atoms with van der Waals surface area (Å²) in [5.41, 5.74) is 7.03. The monoisotopic (exact) mass is 584 g/mol. The van der Waals surface area contributed by atoms with E-state index in [0.29, 0.717) is 22.7 Å². The smallest absolute Gasteiger partial charge is 0.408 e. The van der Waals surface area contributed by atoms with Crippen LogP contribution < -0.4 is 16.4 Å². The van der Waals surface area contributed by atoms with E-state index in [-0.39, 0.29) is 12.8 Å². The number of aryl methyl sites for hydroxylation is 1. The molecular formula is C31H41ClN4O5. The Labute approximate surface area is 247 Å². The van der Waals surface area contributed by atoms with Crippen molar-refractivity contribution in [2.45, 2.75) is 84.5 Å². The van der Waals surface area contributed by atoms with Gasteiger partial charge in [-0.2, -0.15) is 0 Å². The van der Waals surface area contributed by atoms with Gasteiger partial charge in [-0.25, -0.2) is 4.79 Å². The molecule has 4 amide bonds. The molecule has 0 aromatic heterocycles. The number of alkyl carbamates (subject to hydrolysis) is 1. The van der Waals surface area contributed by atoms with Gasteiger partial charge in [0.2, 0.25) is 11.8 Å². The van der Waals surface area contributed by atoms with E-state index in [1.165, 1.54) is 4.90 Å². The average Bonchev–Trinajstić information content (AvgIpc) is 2.89. The Morgan fingerprint density at radius 1 is 1.15 bits per heavy atom. The first-order valence-electron chi connectivity index (χ1n) is 13.6. The summed E-state index contributed by atoms with van der Waals surface area (Å²) >= 11 is 6.42. The van der Waals surface area contributed by atoms with E-state index in [2.05, 4.69) is 17.2 Å². The van der Waals surface area contributed by atoms with Crippen molar-refractivity contribution in [1.29, 1.82) is 0 Å². The number of primary amides is 1. The van der Waals surface area contributed by atoms with Crippen molar-refractivity contribution in [3.8, 4) is 0 Å². The summed E-state index contributed by atoms with van der Waals surface area (Å²) < 4.78 is 5.38. The van der Waals surface area contributed by atoms with Crippen LogP contribution in [0.1, 0.15) is 76.6 Å². The number of para-hydroxylation sites is 1. The molecule has 4 N–H and O–H groups in total. The van der Waals surface area contributed by atoms with Gasteiger partial charge in [0.05, 0.1) is 10.7 Å². The summed E-state index contributed by atoms with van der Waals surface area (Å²) in [5, 5.41) is 5.86. The van der Waals surface area contributed by atoms with E-state index in [0.717, 1.165) is 11.1 Å². The number of benzene rings is 2. The van der Waals surface area contributed by atoms with E-state index >= 15 is 0 Å². The maximum atomic E-state index is 14.3. The number of nitrogens with zero attached hydrogens (tertiary/aromatic N) is 1. The van der Waals surface area contributed by atoms with Crippen LogP contribution in [-0.2, 0) is 19.1 Å². The predicted octanol–water partition coefficient (Wildman–Crippen LogP) is 5.76. The van der Waals surface area contributed by atoms with Crippen molar-refractivity contribution < 1.29 is 23.9 Å². The van der Waals surface area contributed by atoms with Crippen molar-refractivity contribution >= 4 is 47.2 Å². The van der Waals surface area contributed by atoms with Gasteiger partial charge in [-0.15, -0.1) is 0 Å². The molecule has 0 fully saturated rings. The number of hydrogen-bond acceptors (Lipinski definition) is 5. The topological polar surface area (TPSA) is 131 Å². The van der Waals surface area contributed by atoms with Crippen LogP contribution >= 0.6 is 11.6 Å². The highest BCUT2D eigenvalue weighted by atomic mass is 35.5. The minimum atomic E-state index is -1.19. The predicted molar refractivity (Wildman–Crippen MR) is 162 cm³/mol. The highest BCUT2D eigenvalue weighted by Gasteiger charge is 2.39. The van der Waals surface area contributed by atoms with E-state index in [9.17, 15) is 19.2 Å². The second kappa shape index (κ2) is 14.7.